The van der Waals surface area contributed by atoms with E-state index in [0.29, 0.717) is 18.2 Å². The Morgan fingerprint density at radius 2 is 1.94 bits per heavy atom. The second kappa shape index (κ2) is 7.49. The molecule has 32 heavy (non-hydrogen) atoms. The minimum absolute atomic E-state index is 0.0461. The number of Topliss-reactive ketones (excluding diaryl/α,β-unsaturated/α-hetero) is 1. The van der Waals surface area contributed by atoms with Crippen LogP contribution in [0, 0.1) is 11.8 Å². The highest BCUT2D eigenvalue weighted by Crippen LogP contribution is 2.54. The summed E-state index contributed by atoms with van der Waals surface area (Å²) in [7, 11) is 0. The summed E-state index contributed by atoms with van der Waals surface area (Å²) in [5.74, 6) is -0.729. The van der Waals surface area contributed by atoms with Crippen molar-refractivity contribution >= 4 is 23.0 Å². The standard InChI is InChI=1S/C23H19ClF3NO4/c1-2-10-3-4-12(31-22-14(24)7-11(9-28-22)23(25,26)27)8-13(10)17-20(29)18-15-5-6-16(32-15)19(18)21(17)30/h3-4,7-9,15-16,18-19,29H,2,5-6H2,1H3/t15-,16+,18-,19+/m1/s1. The molecule has 2 bridgehead atoms. The molecule has 9 heteroatoms. The number of halogens is 4. The molecule has 1 aliphatic carbocycles. The number of alkyl halides is 3. The van der Waals surface area contributed by atoms with Gasteiger partial charge in [-0.05, 0) is 48.6 Å². The third kappa shape index (κ3) is 3.28. The molecule has 5 nitrogen and oxygen atoms in total. The molecule has 1 aromatic carbocycles. The molecule has 0 saturated carbocycles. The number of benzene rings is 1. The zero-order valence-corrected chi connectivity index (χ0v) is 17.7. The number of allylic oxidation sites excluding steroid dienone is 1. The van der Waals surface area contributed by atoms with Gasteiger partial charge in [-0.3, -0.25) is 4.79 Å². The number of aliphatic hydroxyl groups is 1. The number of carbonyl (C=O) groups excluding carboxylic acids is 1. The Bertz CT molecular complexity index is 1150. The highest BCUT2D eigenvalue weighted by molar-refractivity contribution is 6.31. The molecule has 0 unspecified atom stereocenters. The third-order valence-electron chi connectivity index (χ3n) is 6.48. The lowest BCUT2D eigenvalue weighted by Gasteiger charge is -2.19. The number of pyridine rings is 1. The summed E-state index contributed by atoms with van der Waals surface area (Å²) in [5, 5.41) is 10.7. The molecule has 3 aliphatic rings. The molecule has 5 rings (SSSR count). The highest BCUT2D eigenvalue weighted by atomic mass is 35.5. The van der Waals surface area contributed by atoms with Gasteiger partial charge in [-0.15, -0.1) is 0 Å². The zero-order valence-electron chi connectivity index (χ0n) is 16.9. The van der Waals surface area contributed by atoms with Crippen LogP contribution in [0.5, 0.6) is 11.6 Å². The van der Waals surface area contributed by atoms with Gasteiger partial charge in [0, 0.05) is 6.20 Å². The second-order valence-electron chi connectivity index (χ2n) is 8.25. The Kier molecular flexibility index (Phi) is 4.98. The SMILES string of the molecule is CCc1ccc(Oc2ncc(C(F)(F)F)cc2Cl)cc1C1=C(O)[C@H]2[C@@H](C1=O)[C@@H]1CC[C@H]2O1. The maximum atomic E-state index is 13.2. The first-order valence-corrected chi connectivity index (χ1v) is 10.7. The quantitative estimate of drug-likeness (QED) is 0.622. The van der Waals surface area contributed by atoms with Crippen molar-refractivity contribution in [1.29, 1.82) is 0 Å². The van der Waals surface area contributed by atoms with Gasteiger partial charge in [0.1, 0.15) is 16.5 Å². The fraction of sp³-hybridized carbons (Fsp3) is 0.391. The van der Waals surface area contributed by atoms with Crippen molar-refractivity contribution in [2.75, 3.05) is 0 Å². The van der Waals surface area contributed by atoms with E-state index in [1.54, 1.807) is 18.2 Å². The van der Waals surface area contributed by atoms with Crippen molar-refractivity contribution < 1.29 is 32.5 Å². The maximum absolute atomic E-state index is 13.2. The number of ketones is 1. The van der Waals surface area contributed by atoms with Crippen molar-refractivity contribution in [2.45, 2.75) is 44.6 Å². The second-order valence-corrected chi connectivity index (χ2v) is 8.66. The van der Waals surface area contributed by atoms with Gasteiger partial charge >= 0.3 is 6.18 Å². The molecule has 168 valence electrons. The van der Waals surface area contributed by atoms with Gasteiger partial charge in [0.05, 0.1) is 35.2 Å². The van der Waals surface area contributed by atoms with E-state index in [9.17, 15) is 23.1 Å². The lowest BCUT2D eigenvalue weighted by Crippen LogP contribution is -2.29. The van der Waals surface area contributed by atoms with E-state index in [1.807, 2.05) is 6.92 Å². The fourth-order valence-corrected chi connectivity index (χ4v) is 5.22. The van der Waals surface area contributed by atoms with Crippen LogP contribution in [0.1, 0.15) is 36.5 Å². The molecular weight excluding hydrogens is 447 g/mol. The molecule has 0 spiro atoms. The van der Waals surface area contributed by atoms with Crippen molar-refractivity contribution in [3.05, 3.63) is 57.9 Å². The molecule has 2 fully saturated rings. The predicted octanol–water partition coefficient (Wildman–Crippen LogP) is 5.75. The Morgan fingerprint density at radius 1 is 1.22 bits per heavy atom. The van der Waals surface area contributed by atoms with Gasteiger partial charge in [-0.1, -0.05) is 24.6 Å². The summed E-state index contributed by atoms with van der Waals surface area (Å²) < 4.78 is 50.0. The zero-order chi connectivity index (χ0) is 22.8. The van der Waals surface area contributed by atoms with Crippen LogP contribution in [-0.2, 0) is 22.1 Å². The van der Waals surface area contributed by atoms with Gasteiger partial charge in [0.25, 0.3) is 0 Å². The molecule has 0 radical (unpaired) electrons. The lowest BCUT2D eigenvalue weighted by molar-refractivity contribution is -0.137. The highest BCUT2D eigenvalue weighted by Gasteiger charge is 2.59. The molecule has 2 aliphatic heterocycles. The average Bonchev–Trinajstić information content (AvgIpc) is 3.42. The number of carbonyl (C=O) groups is 1. The minimum atomic E-state index is -4.57. The number of aryl methyl sites for hydroxylation is 1. The topological polar surface area (TPSA) is 68.7 Å². The van der Waals surface area contributed by atoms with Crippen LogP contribution in [0.4, 0.5) is 13.2 Å². The van der Waals surface area contributed by atoms with E-state index >= 15 is 0 Å². The van der Waals surface area contributed by atoms with Crippen molar-refractivity contribution in [3.63, 3.8) is 0 Å². The van der Waals surface area contributed by atoms with E-state index < -0.39 is 11.7 Å². The number of nitrogens with zero attached hydrogens (tertiary/aromatic N) is 1. The largest absolute Gasteiger partial charge is 0.511 e. The Balaban J connectivity index is 1.50. The van der Waals surface area contributed by atoms with Crippen LogP contribution in [-0.4, -0.2) is 28.1 Å². The first-order chi connectivity index (χ1) is 15.2. The van der Waals surface area contributed by atoms with E-state index in [1.165, 1.54) is 0 Å². The summed E-state index contributed by atoms with van der Waals surface area (Å²) in [6, 6.07) is 5.73. The maximum Gasteiger partial charge on any atom is 0.417 e. The van der Waals surface area contributed by atoms with E-state index in [2.05, 4.69) is 4.98 Å². The number of hydrogen-bond acceptors (Lipinski definition) is 5. The van der Waals surface area contributed by atoms with Gasteiger partial charge in [0.2, 0.25) is 5.88 Å². The smallest absolute Gasteiger partial charge is 0.417 e. The first kappa shape index (κ1) is 21.3. The van der Waals surface area contributed by atoms with Crippen LogP contribution >= 0.6 is 11.6 Å². The molecule has 1 N–H and O–H groups in total. The van der Waals surface area contributed by atoms with Gasteiger partial charge < -0.3 is 14.6 Å². The van der Waals surface area contributed by atoms with E-state index in [4.69, 9.17) is 21.1 Å². The number of ether oxygens (including phenoxy) is 2. The summed E-state index contributed by atoms with van der Waals surface area (Å²) in [6.07, 6.45) is -2.01. The third-order valence-corrected chi connectivity index (χ3v) is 6.75. The molecule has 4 atom stereocenters. The predicted molar refractivity (Wildman–Crippen MR) is 110 cm³/mol. The Morgan fingerprint density at radius 3 is 2.56 bits per heavy atom. The van der Waals surface area contributed by atoms with Gasteiger partial charge in [-0.2, -0.15) is 13.2 Å². The summed E-state index contributed by atoms with van der Waals surface area (Å²) in [6.45, 7) is 1.93. The first-order valence-electron chi connectivity index (χ1n) is 10.4. The van der Waals surface area contributed by atoms with Crippen molar-refractivity contribution in [2.24, 2.45) is 11.8 Å². The summed E-state index contributed by atoms with van der Waals surface area (Å²) in [4.78, 5) is 16.9. The Labute approximate surface area is 186 Å². The molecule has 2 aromatic rings. The minimum Gasteiger partial charge on any atom is -0.511 e. The number of aromatic nitrogens is 1. The number of rotatable bonds is 4. The molecule has 0 amide bonds. The fourth-order valence-electron chi connectivity index (χ4n) is 5.02. The number of aliphatic hydroxyl groups excluding tert-OH is 1. The van der Waals surface area contributed by atoms with E-state index in [0.717, 1.165) is 24.5 Å². The van der Waals surface area contributed by atoms with Crippen molar-refractivity contribution in [3.8, 4) is 11.6 Å². The van der Waals surface area contributed by atoms with Crippen LogP contribution in [0.25, 0.3) is 5.57 Å². The summed E-state index contributed by atoms with van der Waals surface area (Å²) >= 11 is 5.96. The van der Waals surface area contributed by atoms with Crippen LogP contribution in [0.2, 0.25) is 5.02 Å². The molecule has 3 heterocycles. The average molecular weight is 466 g/mol. The molecule has 1 aromatic heterocycles. The van der Waals surface area contributed by atoms with Crippen molar-refractivity contribution in [1.82, 2.24) is 4.98 Å². The van der Waals surface area contributed by atoms with Gasteiger partial charge in [-0.25, -0.2) is 4.98 Å². The Hall–Kier alpha value is -2.58. The normalized spacial score (nSPS) is 26.7. The molecular formula is C23H19ClF3NO4. The van der Waals surface area contributed by atoms with E-state index in [-0.39, 0.29) is 57.8 Å². The van der Waals surface area contributed by atoms with Crippen LogP contribution in [0.3, 0.4) is 0 Å². The van der Waals surface area contributed by atoms with Gasteiger partial charge in [0.15, 0.2) is 5.78 Å². The van der Waals surface area contributed by atoms with Crippen LogP contribution < -0.4 is 4.74 Å². The monoisotopic (exact) mass is 465 g/mol. The molecule has 2 saturated heterocycles. The number of hydrogen-bond donors (Lipinski definition) is 1. The van der Waals surface area contributed by atoms with Crippen LogP contribution in [0.15, 0.2) is 36.2 Å². The number of fused-ring (bicyclic) bond motifs is 5. The lowest BCUT2D eigenvalue weighted by atomic mass is 9.80. The summed E-state index contributed by atoms with van der Waals surface area (Å²) in [5.41, 5.74) is 0.678.